The summed E-state index contributed by atoms with van der Waals surface area (Å²) >= 11 is 0. The minimum atomic E-state index is -0.0633. The molecule has 0 spiro atoms. The fourth-order valence-corrected chi connectivity index (χ4v) is 8.73. The second-order valence-corrected chi connectivity index (χ2v) is 14.2. The lowest BCUT2D eigenvalue weighted by atomic mass is 9.96. The molecule has 1 N–H and O–H groups in total. The Bertz CT molecular complexity index is 2970. The fourth-order valence-electron chi connectivity index (χ4n) is 8.73. The Balaban J connectivity index is 1.04. The summed E-state index contributed by atoms with van der Waals surface area (Å²) in [5.74, 6) is 0. The number of rotatable bonds is 4. The summed E-state index contributed by atoms with van der Waals surface area (Å²) in [5, 5.41) is 13.9. The van der Waals surface area contributed by atoms with Gasteiger partial charge in [-0.15, -0.1) is 0 Å². The van der Waals surface area contributed by atoms with Gasteiger partial charge in [0.1, 0.15) is 17.3 Å². The summed E-state index contributed by atoms with van der Waals surface area (Å²) in [6.45, 7) is 0. The van der Waals surface area contributed by atoms with E-state index in [0.717, 1.165) is 27.6 Å². The Morgan fingerprint density at radius 1 is 0.509 bits per heavy atom. The lowest BCUT2D eigenvalue weighted by Gasteiger charge is -2.40. The number of aromatic nitrogens is 1. The van der Waals surface area contributed by atoms with Gasteiger partial charge in [-0.25, -0.2) is 0 Å². The van der Waals surface area contributed by atoms with Crippen molar-refractivity contribution < 1.29 is 4.42 Å². The SMILES string of the molecule is CN1C(c2ccccc2)=CC(c2ccc3c(c2)oc2ccccc23)NC1c1ccc(-n2c3ccc4ccccc4c3c3c4ccccc4ccc32)cc1. The van der Waals surface area contributed by atoms with Gasteiger partial charge < -0.3 is 13.9 Å². The van der Waals surface area contributed by atoms with Crippen LogP contribution in [0, 0.1) is 0 Å². The van der Waals surface area contributed by atoms with Crippen LogP contribution in [0.1, 0.15) is 28.9 Å². The summed E-state index contributed by atoms with van der Waals surface area (Å²) in [7, 11) is 2.19. The predicted molar refractivity (Wildman–Crippen MR) is 220 cm³/mol. The molecule has 8 aromatic carbocycles. The first kappa shape index (κ1) is 30.0. The molecule has 1 aliphatic rings. The quantitative estimate of drug-likeness (QED) is 0.201. The number of hydrogen-bond donors (Lipinski definition) is 1. The molecule has 2 aromatic heterocycles. The molecule has 1 aliphatic heterocycles. The average molecular weight is 682 g/mol. The highest BCUT2D eigenvalue weighted by molar-refractivity contribution is 6.28. The third-order valence-electron chi connectivity index (χ3n) is 11.3. The van der Waals surface area contributed by atoms with Crippen molar-refractivity contribution in [3.8, 4) is 5.69 Å². The van der Waals surface area contributed by atoms with Gasteiger partial charge in [0.2, 0.25) is 0 Å². The second kappa shape index (κ2) is 11.7. The minimum absolute atomic E-state index is 0.0254. The van der Waals surface area contributed by atoms with Crippen LogP contribution in [-0.2, 0) is 0 Å². The van der Waals surface area contributed by atoms with E-state index in [1.807, 2.05) is 12.1 Å². The molecule has 4 heteroatoms. The van der Waals surface area contributed by atoms with Crippen molar-refractivity contribution in [3.05, 3.63) is 193 Å². The molecule has 11 rings (SSSR count). The first-order chi connectivity index (χ1) is 26.2. The fraction of sp³-hybridized carbons (Fsp3) is 0.0612. The van der Waals surface area contributed by atoms with Gasteiger partial charge in [-0.05, 0) is 80.7 Å². The highest BCUT2D eigenvalue weighted by atomic mass is 16.3. The number of fused-ring (bicyclic) bond motifs is 10. The third-order valence-corrected chi connectivity index (χ3v) is 11.3. The Morgan fingerprint density at radius 3 is 1.79 bits per heavy atom. The summed E-state index contributed by atoms with van der Waals surface area (Å²) in [5.41, 5.74) is 10.1. The van der Waals surface area contributed by atoms with Gasteiger partial charge in [-0.3, -0.25) is 5.32 Å². The van der Waals surface area contributed by atoms with Crippen molar-refractivity contribution in [2.45, 2.75) is 12.2 Å². The number of para-hydroxylation sites is 1. The largest absolute Gasteiger partial charge is 0.456 e. The van der Waals surface area contributed by atoms with Gasteiger partial charge in [0.25, 0.3) is 0 Å². The number of nitrogens with zero attached hydrogens (tertiary/aromatic N) is 2. The molecule has 53 heavy (non-hydrogen) atoms. The van der Waals surface area contributed by atoms with Gasteiger partial charge >= 0.3 is 0 Å². The van der Waals surface area contributed by atoms with Crippen molar-refractivity contribution in [2.75, 3.05) is 7.05 Å². The maximum atomic E-state index is 6.32. The number of hydrogen-bond acceptors (Lipinski definition) is 3. The molecule has 252 valence electrons. The summed E-state index contributed by atoms with van der Waals surface area (Å²) in [6.07, 6.45) is 2.28. The molecule has 4 nitrogen and oxygen atoms in total. The first-order valence-corrected chi connectivity index (χ1v) is 18.3. The molecule has 0 aliphatic carbocycles. The van der Waals surface area contributed by atoms with Crippen LogP contribution in [0.25, 0.3) is 76.7 Å². The van der Waals surface area contributed by atoms with Gasteiger partial charge in [0, 0.05) is 40.0 Å². The Kier molecular flexibility index (Phi) is 6.64. The lowest BCUT2D eigenvalue weighted by Crippen LogP contribution is -2.40. The zero-order valence-corrected chi connectivity index (χ0v) is 29.2. The lowest BCUT2D eigenvalue weighted by molar-refractivity contribution is 0.263. The van der Waals surface area contributed by atoms with E-state index in [1.165, 1.54) is 65.7 Å². The summed E-state index contributed by atoms with van der Waals surface area (Å²) in [6, 6.07) is 61.3. The van der Waals surface area contributed by atoms with E-state index in [2.05, 4.69) is 186 Å². The number of furan rings is 1. The molecule has 0 radical (unpaired) electrons. The maximum Gasteiger partial charge on any atom is 0.135 e. The zero-order chi connectivity index (χ0) is 35.0. The highest BCUT2D eigenvalue weighted by Crippen LogP contribution is 2.42. The topological polar surface area (TPSA) is 33.3 Å². The van der Waals surface area contributed by atoms with Crippen LogP contribution >= 0.6 is 0 Å². The van der Waals surface area contributed by atoms with Crippen molar-refractivity contribution in [3.63, 3.8) is 0 Å². The van der Waals surface area contributed by atoms with E-state index >= 15 is 0 Å². The maximum absolute atomic E-state index is 6.32. The Hall–Kier alpha value is -6.62. The van der Waals surface area contributed by atoms with Crippen LogP contribution < -0.4 is 5.32 Å². The Labute approximate surface area is 306 Å². The molecule has 2 atom stereocenters. The molecule has 0 saturated heterocycles. The van der Waals surface area contributed by atoms with Crippen molar-refractivity contribution >= 4 is 71.0 Å². The molecule has 0 fully saturated rings. The molecule has 0 amide bonds. The standard InChI is InChI=1S/C49H35N3O/c1-51-44(33-13-3-2-4-14-33)30-41(35-21-26-40-39-17-9-10-18-45(39)53-46(40)29-35)50-49(51)34-19-24-36(25-20-34)52-42-27-22-31-11-5-7-15-37(31)47(42)48-38-16-8-6-12-32(38)23-28-43(48)52/h2-30,41,49-50H,1H3. The van der Waals surface area contributed by atoms with Gasteiger partial charge in [0.15, 0.2) is 0 Å². The van der Waals surface area contributed by atoms with E-state index in [9.17, 15) is 0 Å². The van der Waals surface area contributed by atoms with Crippen LogP contribution in [0.15, 0.2) is 180 Å². The van der Waals surface area contributed by atoms with Crippen LogP contribution in [0.5, 0.6) is 0 Å². The normalized spacial score (nSPS) is 16.4. The molecule has 0 bridgehead atoms. The smallest absolute Gasteiger partial charge is 0.135 e. The zero-order valence-electron chi connectivity index (χ0n) is 29.2. The monoisotopic (exact) mass is 681 g/mol. The molecular formula is C49H35N3O. The van der Waals surface area contributed by atoms with Gasteiger partial charge in [-0.2, -0.15) is 0 Å². The Morgan fingerprint density at radius 2 is 1.09 bits per heavy atom. The molecular weight excluding hydrogens is 647 g/mol. The van der Waals surface area contributed by atoms with Crippen LogP contribution in [0.2, 0.25) is 0 Å². The first-order valence-electron chi connectivity index (χ1n) is 18.3. The molecule has 2 unspecified atom stereocenters. The van der Waals surface area contributed by atoms with E-state index in [1.54, 1.807) is 0 Å². The molecule has 0 saturated carbocycles. The van der Waals surface area contributed by atoms with Crippen molar-refractivity contribution in [1.82, 2.24) is 14.8 Å². The van der Waals surface area contributed by atoms with E-state index in [0.29, 0.717) is 0 Å². The molecule has 10 aromatic rings. The van der Waals surface area contributed by atoms with Crippen LogP contribution in [0.3, 0.4) is 0 Å². The van der Waals surface area contributed by atoms with E-state index in [4.69, 9.17) is 4.42 Å². The number of nitrogens with one attached hydrogen (secondary N) is 1. The summed E-state index contributed by atoms with van der Waals surface area (Å²) in [4.78, 5) is 2.36. The minimum Gasteiger partial charge on any atom is -0.456 e. The molecule has 3 heterocycles. The predicted octanol–water partition coefficient (Wildman–Crippen LogP) is 12.3. The van der Waals surface area contributed by atoms with Gasteiger partial charge in [-0.1, -0.05) is 133 Å². The van der Waals surface area contributed by atoms with Crippen LogP contribution in [-0.4, -0.2) is 16.5 Å². The highest BCUT2D eigenvalue weighted by Gasteiger charge is 2.29. The summed E-state index contributed by atoms with van der Waals surface area (Å²) < 4.78 is 8.76. The van der Waals surface area contributed by atoms with E-state index < -0.39 is 0 Å². The van der Waals surface area contributed by atoms with Crippen LogP contribution in [0.4, 0.5) is 0 Å². The van der Waals surface area contributed by atoms with Crippen molar-refractivity contribution in [2.24, 2.45) is 0 Å². The van der Waals surface area contributed by atoms with E-state index in [-0.39, 0.29) is 12.2 Å². The van der Waals surface area contributed by atoms with Gasteiger partial charge in [0.05, 0.1) is 17.1 Å². The van der Waals surface area contributed by atoms with Crippen molar-refractivity contribution in [1.29, 1.82) is 0 Å². The number of benzene rings is 8. The average Bonchev–Trinajstić information content (AvgIpc) is 3.77. The third kappa shape index (κ3) is 4.66. The second-order valence-electron chi connectivity index (χ2n) is 14.2.